The van der Waals surface area contributed by atoms with Crippen LogP contribution in [0.5, 0.6) is 5.75 Å². The van der Waals surface area contributed by atoms with E-state index < -0.39 is 17.9 Å². The predicted octanol–water partition coefficient (Wildman–Crippen LogP) is 0.694. The van der Waals surface area contributed by atoms with E-state index in [4.69, 9.17) is 9.84 Å². The number of benzene rings is 1. The molecule has 1 amide bonds. The van der Waals surface area contributed by atoms with Gasteiger partial charge in [-0.3, -0.25) is 9.59 Å². The van der Waals surface area contributed by atoms with Gasteiger partial charge in [-0.2, -0.15) is 0 Å². The quantitative estimate of drug-likeness (QED) is 0.734. The highest BCUT2D eigenvalue weighted by molar-refractivity contribution is 6.00. The lowest BCUT2D eigenvalue weighted by Gasteiger charge is -2.21. The normalized spacial score (nSPS) is 14.7. The molecule has 0 spiro atoms. The van der Waals surface area contributed by atoms with Crippen molar-refractivity contribution in [2.75, 3.05) is 18.5 Å². The second-order valence-corrected chi connectivity index (χ2v) is 3.99. The predicted molar refractivity (Wildman–Crippen MR) is 65.0 cm³/mol. The molecule has 1 heterocycles. The zero-order valence-corrected chi connectivity index (χ0v) is 9.90. The number of carboxylic acid groups (broad SMARTS) is 1. The highest BCUT2D eigenvalue weighted by Crippen LogP contribution is 2.31. The Morgan fingerprint density at radius 2 is 2.28 bits per heavy atom. The van der Waals surface area contributed by atoms with Gasteiger partial charge in [0.15, 0.2) is 5.75 Å². The maximum Gasteiger partial charge on any atom is 0.325 e. The van der Waals surface area contributed by atoms with E-state index in [-0.39, 0.29) is 0 Å². The van der Waals surface area contributed by atoms with Gasteiger partial charge in [0, 0.05) is 6.54 Å². The second kappa shape index (κ2) is 4.95. The van der Waals surface area contributed by atoms with Crippen molar-refractivity contribution in [2.45, 2.75) is 13.0 Å². The van der Waals surface area contributed by atoms with Gasteiger partial charge in [0.05, 0.1) is 11.3 Å². The summed E-state index contributed by atoms with van der Waals surface area (Å²) in [6.07, 6.45) is 0. The minimum atomic E-state index is -1.08. The average Bonchev–Trinajstić information content (AvgIpc) is 2.37. The first kappa shape index (κ1) is 12.2. The molecule has 2 rings (SSSR count). The van der Waals surface area contributed by atoms with Crippen LogP contribution in [0, 0.1) is 0 Å². The number of hydrogen-bond acceptors (Lipinski definition) is 4. The van der Waals surface area contributed by atoms with Crippen LogP contribution >= 0.6 is 0 Å². The Balaban J connectivity index is 2.23. The third-order valence-corrected chi connectivity index (χ3v) is 2.64. The van der Waals surface area contributed by atoms with Gasteiger partial charge in [-0.25, -0.2) is 0 Å². The molecule has 0 radical (unpaired) electrons. The number of para-hydroxylation sites is 1. The second-order valence-electron chi connectivity index (χ2n) is 3.99. The Morgan fingerprint density at radius 1 is 1.50 bits per heavy atom. The molecule has 0 aliphatic carbocycles. The number of nitrogens with one attached hydrogen (secondary N) is 2. The van der Waals surface area contributed by atoms with E-state index in [1.165, 1.54) is 6.92 Å². The van der Waals surface area contributed by atoms with Gasteiger partial charge in [0.1, 0.15) is 12.6 Å². The number of carbonyl (C=O) groups is 2. The topological polar surface area (TPSA) is 87.7 Å². The molecule has 6 nitrogen and oxygen atoms in total. The maximum absolute atomic E-state index is 11.9. The van der Waals surface area contributed by atoms with Gasteiger partial charge < -0.3 is 20.5 Å². The van der Waals surface area contributed by atoms with Crippen LogP contribution in [0.3, 0.4) is 0 Å². The average molecular weight is 250 g/mol. The number of ether oxygens (including phenoxy) is 1. The lowest BCUT2D eigenvalue weighted by Crippen LogP contribution is -2.38. The van der Waals surface area contributed by atoms with Gasteiger partial charge in [-0.15, -0.1) is 0 Å². The SMILES string of the molecule is C[C@@H](NC(=O)c1cccc2c1OCCN2)C(=O)O. The molecule has 0 unspecified atom stereocenters. The molecular formula is C12H14N2O4. The van der Waals surface area contributed by atoms with E-state index in [0.29, 0.717) is 24.5 Å². The molecule has 1 aliphatic rings. The molecular weight excluding hydrogens is 236 g/mol. The summed E-state index contributed by atoms with van der Waals surface area (Å²) in [5.41, 5.74) is 1.09. The van der Waals surface area contributed by atoms with Crippen LogP contribution in [0.25, 0.3) is 0 Å². The molecule has 0 aromatic heterocycles. The monoisotopic (exact) mass is 250 g/mol. The van der Waals surface area contributed by atoms with E-state index >= 15 is 0 Å². The van der Waals surface area contributed by atoms with Gasteiger partial charge in [-0.1, -0.05) is 6.07 Å². The van der Waals surface area contributed by atoms with Crippen molar-refractivity contribution in [1.82, 2.24) is 5.32 Å². The summed E-state index contributed by atoms with van der Waals surface area (Å²) in [5, 5.41) is 14.3. The molecule has 18 heavy (non-hydrogen) atoms. The fraction of sp³-hybridized carbons (Fsp3) is 0.333. The van der Waals surface area contributed by atoms with Crippen molar-refractivity contribution in [2.24, 2.45) is 0 Å². The Kier molecular flexibility index (Phi) is 3.36. The Labute approximate surface area is 104 Å². The van der Waals surface area contributed by atoms with Crippen molar-refractivity contribution >= 4 is 17.6 Å². The Morgan fingerprint density at radius 3 is 3.00 bits per heavy atom. The zero-order chi connectivity index (χ0) is 13.1. The van der Waals surface area contributed by atoms with Crippen molar-refractivity contribution < 1.29 is 19.4 Å². The molecule has 0 bridgehead atoms. The molecule has 0 saturated heterocycles. The van der Waals surface area contributed by atoms with Gasteiger partial charge in [0.25, 0.3) is 5.91 Å². The van der Waals surface area contributed by atoms with Crippen LogP contribution in [-0.4, -0.2) is 36.2 Å². The largest absolute Gasteiger partial charge is 0.489 e. The van der Waals surface area contributed by atoms with E-state index in [1.54, 1.807) is 12.1 Å². The van der Waals surface area contributed by atoms with Crippen LogP contribution in [0.15, 0.2) is 18.2 Å². The van der Waals surface area contributed by atoms with Crippen LogP contribution in [0.2, 0.25) is 0 Å². The third kappa shape index (κ3) is 2.37. The minimum Gasteiger partial charge on any atom is -0.489 e. The van der Waals surface area contributed by atoms with Crippen molar-refractivity contribution in [1.29, 1.82) is 0 Å². The molecule has 1 aromatic carbocycles. The molecule has 6 heteroatoms. The van der Waals surface area contributed by atoms with Crippen LogP contribution in [0.1, 0.15) is 17.3 Å². The molecule has 0 saturated carbocycles. The first-order chi connectivity index (χ1) is 8.59. The highest BCUT2D eigenvalue weighted by atomic mass is 16.5. The van der Waals surface area contributed by atoms with E-state index in [0.717, 1.165) is 5.69 Å². The van der Waals surface area contributed by atoms with Crippen LogP contribution < -0.4 is 15.4 Å². The summed E-state index contributed by atoms with van der Waals surface area (Å²) < 4.78 is 5.45. The molecule has 1 aliphatic heterocycles. The fourth-order valence-electron chi connectivity index (χ4n) is 1.69. The highest BCUT2D eigenvalue weighted by Gasteiger charge is 2.21. The van der Waals surface area contributed by atoms with Gasteiger partial charge in [0.2, 0.25) is 0 Å². The molecule has 1 aromatic rings. The molecule has 96 valence electrons. The first-order valence-corrected chi connectivity index (χ1v) is 5.63. The summed E-state index contributed by atoms with van der Waals surface area (Å²) in [7, 11) is 0. The number of aliphatic carboxylic acids is 1. The van der Waals surface area contributed by atoms with E-state index in [1.807, 2.05) is 6.07 Å². The Hall–Kier alpha value is -2.24. The van der Waals surface area contributed by atoms with Gasteiger partial charge in [-0.05, 0) is 19.1 Å². The Bertz CT molecular complexity index is 487. The van der Waals surface area contributed by atoms with Crippen molar-refractivity contribution in [3.05, 3.63) is 23.8 Å². The minimum absolute atomic E-state index is 0.341. The summed E-state index contributed by atoms with van der Waals surface area (Å²) in [6, 6.07) is 4.20. The summed E-state index contributed by atoms with van der Waals surface area (Å²) in [6.45, 7) is 2.57. The zero-order valence-electron chi connectivity index (χ0n) is 9.90. The first-order valence-electron chi connectivity index (χ1n) is 5.63. The fourth-order valence-corrected chi connectivity index (χ4v) is 1.69. The maximum atomic E-state index is 11.9. The molecule has 0 fully saturated rings. The van der Waals surface area contributed by atoms with Crippen molar-refractivity contribution in [3.8, 4) is 5.75 Å². The smallest absolute Gasteiger partial charge is 0.325 e. The number of rotatable bonds is 3. The number of amides is 1. The number of carboxylic acids is 1. The van der Waals surface area contributed by atoms with Crippen LogP contribution in [0.4, 0.5) is 5.69 Å². The summed E-state index contributed by atoms with van der Waals surface area (Å²) >= 11 is 0. The molecule has 3 N–H and O–H groups in total. The number of anilines is 1. The van der Waals surface area contributed by atoms with Crippen LogP contribution in [-0.2, 0) is 4.79 Å². The third-order valence-electron chi connectivity index (χ3n) is 2.64. The molecule has 1 atom stereocenters. The number of fused-ring (bicyclic) bond motifs is 1. The van der Waals surface area contributed by atoms with Gasteiger partial charge >= 0.3 is 5.97 Å². The lowest BCUT2D eigenvalue weighted by atomic mass is 10.1. The number of carbonyl (C=O) groups excluding carboxylic acids is 1. The summed E-state index contributed by atoms with van der Waals surface area (Å²) in [4.78, 5) is 22.6. The number of hydrogen-bond donors (Lipinski definition) is 3. The lowest BCUT2D eigenvalue weighted by molar-refractivity contribution is -0.138. The van der Waals surface area contributed by atoms with E-state index in [2.05, 4.69) is 10.6 Å². The van der Waals surface area contributed by atoms with E-state index in [9.17, 15) is 9.59 Å². The summed E-state index contributed by atoms with van der Waals surface area (Å²) in [5.74, 6) is -1.06. The standard InChI is InChI=1S/C12H14N2O4/c1-7(12(16)17)14-11(15)8-3-2-4-9-10(8)18-6-5-13-9/h2-4,7,13H,5-6H2,1H3,(H,14,15)(H,16,17)/t7-/m1/s1. The van der Waals surface area contributed by atoms with Crippen molar-refractivity contribution in [3.63, 3.8) is 0 Å².